The lowest BCUT2D eigenvalue weighted by Crippen LogP contribution is -2.21. The van der Waals surface area contributed by atoms with E-state index in [1.54, 1.807) is 12.1 Å². The molecule has 0 fully saturated rings. The summed E-state index contributed by atoms with van der Waals surface area (Å²) in [7, 11) is 0. The van der Waals surface area contributed by atoms with E-state index in [1.807, 2.05) is 19.9 Å². The average Bonchev–Trinajstić information content (AvgIpc) is 2.31. The van der Waals surface area contributed by atoms with Crippen LogP contribution in [0.5, 0.6) is 5.75 Å². The molecular formula is C13H21FN2O. The molecule has 1 unspecified atom stereocenters. The van der Waals surface area contributed by atoms with Crippen LogP contribution in [-0.4, -0.2) is 24.7 Å². The molecule has 1 aromatic rings. The average molecular weight is 240 g/mol. The molecule has 0 bridgehead atoms. The number of benzene rings is 1. The van der Waals surface area contributed by atoms with Crippen LogP contribution >= 0.6 is 0 Å². The quantitative estimate of drug-likeness (QED) is 0.803. The summed E-state index contributed by atoms with van der Waals surface area (Å²) in [5.41, 5.74) is 6.55. The van der Waals surface area contributed by atoms with Gasteiger partial charge in [-0.15, -0.1) is 0 Å². The lowest BCUT2D eigenvalue weighted by atomic mass is 10.1. The van der Waals surface area contributed by atoms with Crippen LogP contribution < -0.4 is 10.6 Å². The summed E-state index contributed by atoms with van der Waals surface area (Å²) in [4.78, 5) is 2.10. The van der Waals surface area contributed by atoms with Crippen LogP contribution in [0.15, 0.2) is 18.2 Å². The minimum absolute atomic E-state index is 0.00958. The van der Waals surface area contributed by atoms with Crippen molar-refractivity contribution in [3.8, 4) is 5.75 Å². The van der Waals surface area contributed by atoms with Gasteiger partial charge in [-0.05, 0) is 32.9 Å². The lowest BCUT2D eigenvalue weighted by molar-refractivity contribution is 0.316. The van der Waals surface area contributed by atoms with Crippen molar-refractivity contribution in [3.05, 3.63) is 23.8 Å². The third kappa shape index (κ3) is 3.33. The second kappa shape index (κ2) is 6.45. The molecule has 17 heavy (non-hydrogen) atoms. The molecule has 0 heterocycles. The van der Waals surface area contributed by atoms with Gasteiger partial charge in [-0.1, -0.05) is 6.07 Å². The molecule has 0 amide bonds. The number of halogens is 1. The second-order valence-corrected chi connectivity index (χ2v) is 3.96. The number of phenols is 1. The SMILES string of the molecule is CCN(CC)c1ccc(C(F)CCN)c(O)c1. The van der Waals surface area contributed by atoms with Gasteiger partial charge >= 0.3 is 0 Å². The number of aromatic hydroxyl groups is 1. The van der Waals surface area contributed by atoms with Gasteiger partial charge in [0.2, 0.25) is 0 Å². The minimum Gasteiger partial charge on any atom is -0.507 e. The summed E-state index contributed by atoms with van der Waals surface area (Å²) in [6, 6.07) is 5.10. The predicted octanol–water partition coefficient (Wildman–Crippen LogP) is 2.60. The van der Waals surface area contributed by atoms with Crippen LogP contribution in [-0.2, 0) is 0 Å². The highest BCUT2D eigenvalue weighted by atomic mass is 19.1. The maximum atomic E-state index is 13.6. The molecule has 1 rings (SSSR count). The van der Waals surface area contributed by atoms with Crippen LogP contribution in [0.3, 0.4) is 0 Å². The summed E-state index contributed by atoms with van der Waals surface area (Å²) in [6.07, 6.45) is -0.955. The van der Waals surface area contributed by atoms with Crippen LogP contribution in [0.1, 0.15) is 32.0 Å². The highest BCUT2D eigenvalue weighted by Gasteiger charge is 2.14. The molecule has 3 nitrogen and oxygen atoms in total. The monoisotopic (exact) mass is 240 g/mol. The number of nitrogens with two attached hydrogens (primary N) is 1. The van der Waals surface area contributed by atoms with Crippen LogP contribution in [0.2, 0.25) is 0 Å². The van der Waals surface area contributed by atoms with Crippen LogP contribution in [0.25, 0.3) is 0 Å². The van der Waals surface area contributed by atoms with E-state index in [4.69, 9.17) is 5.73 Å². The molecule has 1 atom stereocenters. The molecule has 1 aromatic carbocycles. The molecule has 0 radical (unpaired) electrons. The number of anilines is 1. The number of rotatable bonds is 6. The van der Waals surface area contributed by atoms with Crippen molar-refractivity contribution < 1.29 is 9.50 Å². The first-order valence-corrected chi connectivity index (χ1v) is 6.06. The molecule has 0 aliphatic carbocycles. The van der Waals surface area contributed by atoms with Gasteiger partial charge in [0.15, 0.2) is 0 Å². The highest BCUT2D eigenvalue weighted by molar-refractivity contribution is 5.53. The van der Waals surface area contributed by atoms with Crippen molar-refractivity contribution in [1.29, 1.82) is 0 Å². The van der Waals surface area contributed by atoms with E-state index in [-0.39, 0.29) is 18.7 Å². The molecule has 0 aromatic heterocycles. The van der Waals surface area contributed by atoms with Gasteiger partial charge in [0, 0.05) is 30.4 Å². The Hall–Kier alpha value is -1.29. The van der Waals surface area contributed by atoms with Crippen molar-refractivity contribution in [2.45, 2.75) is 26.4 Å². The minimum atomic E-state index is -1.19. The largest absolute Gasteiger partial charge is 0.507 e. The van der Waals surface area contributed by atoms with E-state index in [9.17, 15) is 9.50 Å². The Morgan fingerprint density at radius 2 is 2.00 bits per heavy atom. The molecular weight excluding hydrogens is 219 g/mol. The lowest BCUT2D eigenvalue weighted by Gasteiger charge is -2.22. The first kappa shape index (κ1) is 13.8. The Bertz CT molecular complexity index is 353. The fraction of sp³-hybridized carbons (Fsp3) is 0.538. The van der Waals surface area contributed by atoms with E-state index < -0.39 is 6.17 Å². The topological polar surface area (TPSA) is 49.5 Å². The predicted molar refractivity (Wildman–Crippen MR) is 69.2 cm³/mol. The highest BCUT2D eigenvalue weighted by Crippen LogP contribution is 2.32. The maximum absolute atomic E-state index is 13.6. The molecule has 0 aliphatic heterocycles. The van der Waals surface area contributed by atoms with E-state index in [1.165, 1.54) is 0 Å². The number of alkyl halides is 1. The van der Waals surface area contributed by atoms with Gasteiger partial charge in [0.25, 0.3) is 0 Å². The molecule has 0 spiro atoms. The number of hydrogen-bond acceptors (Lipinski definition) is 3. The van der Waals surface area contributed by atoms with Gasteiger partial charge in [-0.2, -0.15) is 0 Å². The molecule has 96 valence electrons. The summed E-state index contributed by atoms with van der Waals surface area (Å²) in [5.74, 6) is 0.00958. The number of hydrogen-bond donors (Lipinski definition) is 2. The third-order valence-corrected chi connectivity index (χ3v) is 2.90. The zero-order valence-electron chi connectivity index (χ0n) is 10.5. The number of phenolic OH excluding ortho intramolecular Hbond substituents is 1. The summed E-state index contributed by atoms with van der Waals surface area (Å²) in [5, 5.41) is 9.82. The Balaban J connectivity index is 2.92. The zero-order chi connectivity index (χ0) is 12.8. The van der Waals surface area contributed by atoms with Gasteiger partial charge in [0.1, 0.15) is 11.9 Å². The Kier molecular flexibility index (Phi) is 5.22. The van der Waals surface area contributed by atoms with Gasteiger partial charge < -0.3 is 15.7 Å². The molecule has 0 aliphatic rings. The molecule has 4 heteroatoms. The normalized spacial score (nSPS) is 12.5. The van der Waals surface area contributed by atoms with E-state index in [0.29, 0.717) is 5.56 Å². The first-order chi connectivity index (χ1) is 8.13. The van der Waals surface area contributed by atoms with E-state index in [0.717, 1.165) is 18.8 Å². The van der Waals surface area contributed by atoms with Crippen LogP contribution in [0.4, 0.5) is 10.1 Å². The van der Waals surface area contributed by atoms with Crippen molar-refractivity contribution in [2.75, 3.05) is 24.5 Å². The fourth-order valence-corrected chi connectivity index (χ4v) is 1.88. The zero-order valence-corrected chi connectivity index (χ0v) is 10.5. The second-order valence-electron chi connectivity index (χ2n) is 3.96. The van der Waals surface area contributed by atoms with E-state index >= 15 is 0 Å². The molecule has 0 saturated heterocycles. The van der Waals surface area contributed by atoms with E-state index in [2.05, 4.69) is 4.90 Å². The Morgan fingerprint density at radius 3 is 2.47 bits per heavy atom. The number of nitrogens with zero attached hydrogens (tertiary/aromatic N) is 1. The van der Waals surface area contributed by atoms with Crippen molar-refractivity contribution in [2.24, 2.45) is 5.73 Å². The summed E-state index contributed by atoms with van der Waals surface area (Å²) in [6.45, 7) is 6.08. The molecule has 3 N–H and O–H groups in total. The van der Waals surface area contributed by atoms with Crippen LogP contribution in [0, 0.1) is 0 Å². The van der Waals surface area contributed by atoms with Gasteiger partial charge in [0.05, 0.1) is 0 Å². The fourth-order valence-electron chi connectivity index (χ4n) is 1.88. The molecule has 0 saturated carbocycles. The van der Waals surface area contributed by atoms with Crippen molar-refractivity contribution in [3.63, 3.8) is 0 Å². The Labute approximate surface area is 102 Å². The summed E-state index contributed by atoms with van der Waals surface area (Å²) >= 11 is 0. The first-order valence-electron chi connectivity index (χ1n) is 6.06. The summed E-state index contributed by atoms with van der Waals surface area (Å²) < 4.78 is 13.6. The van der Waals surface area contributed by atoms with Gasteiger partial charge in [-0.25, -0.2) is 4.39 Å². The smallest absolute Gasteiger partial charge is 0.130 e. The van der Waals surface area contributed by atoms with Gasteiger partial charge in [-0.3, -0.25) is 0 Å². The van der Waals surface area contributed by atoms with Crippen molar-refractivity contribution in [1.82, 2.24) is 0 Å². The standard InChI is InChI=1S/C13H21FN2O/c1-3-16(4-2)10-5-6-11(13(17)9-10)12(14)7-8-15/h5-6,9,12,17H,3-4,7-8,15H2,1-2H3. The Morgan fingerprint density at radius 1 is 1.35 bits per heavy atom. The third-order valence-electron chi connectivity index (χ3n) is 2.90. The maximum Gasteiger partial charge on any atom is 0.130 e. The van der Waals surface area contributed by atoms with Crippen molar-refractivity contribution >= 4 is 5.69 Å².